The molecule has 1 aliphatic rings. The number of fused-ring (bicyclic) bond motifs is 3. The Kier molecular flexibility index (Phi) is 2.33. The minimum Gasteiger partial charge on any atom is -0.478 e. The highest BCUT2D eigenvalue weighted by Gasteiger charge is 2.16. The van der Waals surface area contributed by atoms with Gasteiger partial charge in [-0.25, -0.2) is 4.79 Å². The summed E-state index contributed by atoms with van der Waals surface area (Å²) >= 11 is 0. The van der Waals surface area contributed by atoms with Gasteiger partial charge < -0.3 is 15.4 Å². The second-order valence-corrected chi connectivity index (χ2v) is 4.40. The lowest BCUT2D eigenvalue weighted by molar-refractivity contribution is 0.0697. The number of aromatic carboxylic acids is 1. The van der Waals surface area contributed by atoms with E-state index >= 15 is 0 Å². The Hall–Kier alpha value is -2.30. The van der Waals surface area contributed by atoms with Gasteiger partial charge in [0.25, 0.3) is 5.56 Å². The van der Waals surface area contributed by atoms with Crippen molar-refractivity contribution >= 4 is 22.6 Å². The van der Waals surface area contributed by atoms with Crippen LogP contribution in [0.15, 0.2) is 23.0 Å². The number of aromatic nitrogens is 1. The van der Waals surface area contributed by atoms with Crippen molar-refractivity contribution < 1.29 is 9.90 Å². The lowest BCUT2D eigenvalue weighted by Gasteiger charge is -2.19. The summed E-state index contributed by atoms with van der Waals surface area (Å²) in [4.78, 5) is 25.6. The minimum absolute atomic E-state index is 0.132. The highest BCUT2D eigenvalue weighted by atomic mass is 16.4. The van der Waals surface area contributed by atoms with Crippen LogP contribution in [-0.4, -0.2) is 22.6 Å². The van der Waals surface area contributed by atoms with E-state index in [1.165, 1.54) is 6.07 Å². The fourth-order valence-corrected chi connectivity index (χ4v) is 2.39. The molecule has 5 nitrogen and oxygen atoms in total. The number of carboxylic acids is 1. The van der Waals surface area contributed by atoms with Crippen molar-refractivity contribution in [1.29, 1.82) is 0 Å². The fraction of sp³-hybridized carbons (Fsp3) is 0.231. The van der Waals surface area contributed by atoms with E-state index in [1.807, 2.05) is 0 Å². The van der Waals surface area contributed by atoms with Gasteiger partial charge in [-0.2, -0.15) is 0 Å². The first kappa shape index (κ1) is 10.8. The third-order valence-corrected chi connectivity index (χ3v) is 3.27. The van der Waals surface area contributed by atoms with Crippen molar-refractivity contribution in [2.45, 2.75) is 12.8 Å². The zero-order valence-corrected chi connectivity index (χ0v) is 9.62. The fourth-order valence-electron chi connectivity index (χ4n) is 2.39. The van der Waals surface area contributed by atoms with Crippen LogP contribution < -0.4 is 10.9 Å². The molecule has 5 heteroatoms. The zero-order chi connectivity index (χ0) is 12.7. The van der Waals surface area contributed by atoms with Crippen LogP contribution in [-0.2, 0) is 6.42 Å². The Bertz CT molecular complexity index is 703. The van der Waals surface area contributed by atoms with Gasteiger partial charge in [0.05, 0.1) is 16.8 Å². The van der Waals surface area contributed by atoms with E-state index in [-0.39, 0.29) is 11.1 Å². The number of benzene rings is 1. The molecule has 18 heavy (non-hydrogen) atoms. The quantitative estimate of drug-likeness (QED) is 0.711. The number of pyridine rings is 1. The molecule has 0 fully saturated rings. The van der Waals surface area contributed by atoms with Crippen molar-refractivity contribution in [3.05, 3.63) is 39.7 Å². The Morgan fingerprint density at radius 2 is 2.17 bits per heavy atom. The number of carbonyl (C=O) groups is 1. The van der Waals surface area contributed by atoms with Gasteiger partial charge in [0.2, 0.25) is 0 Å². The highest BCUT2D eigenvalue weighted by molar-refractivity contribution is 5.98. The second kappa shape index (κ2) is 3.87. The number of aromatic amines is 1. The van der Waals surface area contributed by atoms with Crippen LogP contribution in [0.1, 0.15) is 22.3 Å². The number of hydrogen-bond acceptors (Lipinski definition) is 3. The van der Waals surface area contributed by atoms with E-state index in [2.05, 4.69) is 10.3 Å². The number of rotatable bonds is 1. The molecule has 0 radical (unpaired) electrons. The monoisotopic (exact) mass is 244 g/mol. The SMILES string of the molecule is O=C(O)c1ccc2c3c(c(=O)[nH]c2c1)CCCN3. The summed E-state index contributed by atoms with van der Waals surface area (Å²) in [6.07, 6.45) is 1.70. The summed E-state index contributed by atoms with van der Waals surface area (Å²) in [7, 11) is 0. The number of H-pyrrole nitrogens is 1. The van der Waals surface area contributed by atoms with Gasteiger partial charge >= 0.3 is 5.97 Å². The van der Waals surface area contributed by atoms with Crippen molar-refractivity contribution in [3.63, 3.8) is 0 Å². The topological polar surface area (TPSA) is 82.2 Å². The summed E-state index contributed by atoms with van der Waals surface area (Å²) in [5.41, 5.74) is 2.21. The average molecular weight is 244 g/mol. The van der Waals surface area contributed by atoms with Crippen LogP contribution in [0.3, 0.4) is 0 Å². The zero-order valence-electron chi connectivity index (χ0n) is 9.62. The predicted octanol–water partition coefficient (Wildman–Crippen LogP) is 1.58. The van der Waals surface area contributed by atoms with E-state index in [4.69, 9.17) is 5.11 Å². The molecule has 92 valence electrons. The maximum atomic E-state index is 11.9. The Morgan fingerprint density at radius 1 is 1.33 bits per heavy atom. The lowest BCUT2D eigenvalue weighted by atomic mass is 10.0. The summed E-state index contributed by atoms with van der Waals surface area (Å²) in [6.45, 7) is 0.840. The molecule has 0 unspecified atom stereocenters. The van der Waals surface area contributed by atoms with Crippen LogP contribution in [0.25, 0.3) is 10.9 Å². The van der Waals surface area contributed by atoms with E-state index in [0.717, 1.165) is 36.0 Å². The molecule has 0 bridgehead atoms. The Balaban J connectivity index is 2.33. The molecule has 2 heterocycles. The van der Waals surface area contributed by atoms with Gasteiger partial charge in [-0.15, -0.1) is 0 Å². The Labute approximate surface area is 102 Å². The first-order valence-corrected chi connectivity index (χ1v) is 5.83. The first-order valence-electron chi connectivity index (χ1n) is 5.83. The smallest absolute Gasteiger partial charge is 0.335 e. The largest absolute Gasteiger partial charge is 0.478 e. The standard InChI is InChI=1S/C13H12N2O3/c16-12-9-2-1-5-14-11(9)8-4-3-7(13(17)18)6-10(8)15-12/h3-4,6,14H,1-2,5H2,(H,15,16)(H,17,18). The third-order valence-electron chi connectivity index (χ3n) is 3.27. The normalized spacial score (nSPS) is 14.0. The third kappa shape index (κ3) is 1.55. The molecule has 0 aliphatic carbocycles. The van der Waals surface area contributed by atoms with Gasteiger partial charge in [-0.3, -0.25) is 4.79 Å². The van der Waals surface area contributed by atoms with Crippen LogP contribution in [0.4, 0.5) is 5.69 Å². The van der Waals surface area contributed by atoms with Crippen molar-refractivity contribution in [3.8, 4) is 0 Å². The lowest BCUT2D eigenvalue weighted by Crippen LogP contribution is -2.22. The van der Waals surface area contributed by atoms with Gasteiger partial charge in [0.15, 0.2) is 0 Å². The molecule has 1 aliphatic heterocycles. The van der Waals surface area contributed by atoms with Crippen LogP contribution in [0.2, 0.25) is 0 Å². The van der Waals surface area contributed by atoms with Crippen molar-refractivity contribution in [1.82, 2.24) is 4.98 Å². The van der Waals surface area contributed by atoms with E-state index in [1.54, 1.807) is 12.1 Å². The molecule has 2 aromatic rings. The van der Waals surface area contributed by atoms with Gasteiger partial charge in [-0.05, 0) is 31.0 Å². The molecule has 3 N–H and O–H groups in total. The molecule has 3 rings (SSSR count). The number of hydrogen-bond donors (Lipinski definition) is 3. The van der Waals surface area contributed by atoms with Crippen LogP contribution in [0, 0.1) is 0 Å². The van der Waals surface area contributed by atoms with E-state index in [0.29, 0.717) is 5.52 Å². The molecule has 0 saturated carbocycles. The highest BCUT2D eigenvalue weighted by Crippen LogP contribution is 2.27. The maximum Gasteiger partial charge on any atom is 0.335 e. The maximum absolute atomic E-state index is 11.9. The van der Waals surface area contributed by atoms with Crippen LogP contribution in [0.5, 0.6) is 0 Å². The summed E-state index contributed by atoms with van der Waals surface area (Å²) in [5, 5.41) is 13.0. The molecular weight excluding hydrogens is 232 g/mol. The van der Waals surface area contributed by atoms with Gasteiger partial charge in [0.1, 0.15) is 0 Å². The minimum atomic E-state index is -0.997. The second-order valence-electron chi connectivity index (χ2n) is 4.40. The summed E-state index contributed by atoms with van der Waals surface area (Å²) in [5.74, 6) is -0.997. The number of nitrogens with one attached hydrogen (secondary N) is 2. The summed E-state index contributed by atoms with van der Waals surface area (Å²) < 4.78 is 0. The van der Waals surface area contributed by atoms with Gasteiger partial charge in [0, 0.05) is 17.5 Å². The van der Waals surface area contributed by atoms with Gasteiger partial charge in [-0.1, -0.05) is 0 Å². The molecule has 1 aromatic heterocycles. The first-order chi connectivity index (χ1) is 8.66. The molecule has 0 amide bonds. The molecule has 0 saturated heterocycles. The number of carboxylic acid groups (broad SMARTS) is 1. The van der Waals surface area contributed by atoms with Crippen molar-refractivity contribution in [2.75, 3.05) is 11.9 Å². The molecule has 0 atom stereocenters. The van der Waals surface area contributed by atoms with E-state index < -0.39 is 5.97 Å². The van der Waals surface area contributed by atoms with Crippen LogP contribution >= 0.6 is 0 Å². The summed E-state index contributed by atoms with van der Waals surface area (Å²) in [6, 6.07) is 4.79. The van der Waals surface area contributed by atoms with E-state index in [9.17, 15) is 9.59 Å². The molecule has 0 spiro atoms. The average Bonchev–Trinajstić information content (AvgIpc) is 2.38. The molecule has 1 aromatic carbocycles. The number of anilines is 1. The predicted molar refractivity (Wildman–Crippen MR) is 68.3 cm³/mol. The van der Waals surface area contributed by atoms with Crippen molar-refractivity contribution in [2.24, 2.45) is 0 Å². The Morgan fingerprint density at radius 3 is 2.94 bits per heavy atom. The molecular formula is C13H12N2O3.